The Morgan fingerprint density at radius 2 is 2.00 bits per heavy atom. The predicted octanol–water partition coefficient (Wildman–Crippen LogP) is 3.54. The van der Waals surface area contributed by atoms with E-state index < -0.39 is 10.0 Å². The lowest BCUT2D eigenvalue weighted by Crippen LogP contribution is -2.48. The minimum atomic E-state index is -3.47. The third-order valence-electron chi connectivity index (χ3n) is 4.48. The molecule has 1 fully saturated rings. The van der Waals surface area contributed by atoms with Gasteiger partial charge in [0.05, 0.1) is 15.7 Å². The maximum atomic E-state index is 12.7. The van der Waals surface area contributed by atoms with Crippen molar-refractivity contribution >= 4 is 21.4 Å². The number of sulfonamides is 1. The number of rotatable bonds is 6. The SMILES string of the molecule is CCCc1ccc(S(=O)(=O)N2CC(c3nc(-c4cccs4)no3)C2)cc1. The van der Waals surface area contributed by atoms with Crippen molar-refractivity contribution < 1.29 is 12.9 Å². The van der Waals surface area contributed by atoms with E-state index in [-0.39, 0.29) is 5.92 Å². The average molecular weight is 390 g/mol. The van der Waals surface area contributed by atoms with E-state index in [1.54, 1.807) is 23.5 Å². The summed E-state index contributed by atoms with van der Waals surface area (Å²) in [7, 11) is -3.47. The summed E-state index contributed by atoms with van der Waals surface area (Å²) in [6.07, 6.45) is 1.99. The Kier molecular flexibility index (Phi) is 4.64. The number of hydrogen-bond donors (Lipinski definition) is 0. The molecule has 0 unspecified atom stereocenters. The molecule has 0 spiro atoms. The molecule has 0 radical (unpaired) electrons. The van der Waals surface area contributed by atoms with Gasteiger partial charge in [0.25, 0.3) is 0 Å². The van der Waals surface area contributed by atoms with Crippen molar-refractivity contribution in [1.82, 2.24) is 14.4 Å². The first-order chi connectivity index (χ1) is 12.6. The summed E-state index contributed by atoms with van der Waals surface area (Å²) >= 11 is 1.54. The third-order valence-corrected chi connectivity index (χ3v) is 7.19. The van der Waals surface area contributed by atoms with Gasteiger partial charge in [0.1, 0.15) is 0 Å². The van der Waals surface area contributed by atoms with Crippen molar-refractivity contribution in [2.45, 2.75) is 30.6 Å². The zero-order valence-electron chi connectivity index (χ0n) is 14.3. The van der Waals surface area contributed by atoms with Crippen LogP contribution in [0.2, 0.25) is 0 Å². The van der Waals surface area contributed by atoms with Crippen LogP contribution in [0.15, 0.2) is 51.2 Å². The van der Waals surface area contributed by atoms with Gasteiger partial charge in [-0.1, -0.05) is 36.7 Å². The van der Waals surface area contributed by atoms with Gasteiger partial charge in [-0.3, -0.25) is 0 Å². The van der Waals surface area contributed by atoms with Crippen molar-refractivity contribution in [3.63, 3.8) is 0 Å². The predicted molar refractivity (Wildman–Crippen MR) is 99.5 cm³/mol. The Bertz CT molecular complexity index is 973. The van der Waals surface area contributed by atoms with E-state index >= 15 is 0 Å². The van der Waals surface area contributed by atoms with Gasteiger partial charge in [0, 0.05) is 13.1 Å². The molecule has 1 aromatic carbocycles. The van der Waals surface area contributed by atoms with E-state index in [2.05, 4.69) is 17.1 Å². The fraction of sp³-hybridized carbons (Fsp3) is 0.333. The molecule has 1 aliphatic heterocycles. The molecule has 0 N–H and O–H groups in total. The van der Waals surface area contributed by atoms with Crippen LogP contribution in [-0.2, 0) is 16.4 Å². The number of benzene rings is 1. The highest BCUT2D eigenvalue weighted by atomic mass is 32.2. The first-order valence-corrected chi connectivity index (χ1v) is 10.9. The van der Waals surface area contributed by atoms with Crippen LogP contribution in [0.5, 0.6) is 0 Å². The van der Waals surface area contributed by atoms with Crippen molar-refractivity contribution in [3.05, 3.63) is 53.2 Å². The van der Waals surface area contributed by atoms with E-state index in [9.17, 15) is 8.42 Å². The van der Waals surface area contributed by atoms with Crippen LogP contribution in [0.1, 0.15) is 30.7 Å². The maximum Gasteiger partial charge on any atom is 0.243 e. The van der Waals surface area contributed by atoms with Crippen LogP contribution >= 0.6 is 11.3 Å². The number of aryl methyl sites for hydroxylation is 1. The molecule has 1 saturated heterocycles. The molecular formula is C18H19N3O3S2. The van der Waals surface area contributed by atoms with Crippen LogP contribution in [0, 0.1) is 0 Å². The number of aromatic nitrogens is 2. The molecule has 0 bridgehead atoms. The fourth-order valence-electron chi connectivity index (χ4n) is 2.96. The Balaban J connectivity index is 1.43. The summed E-state index contributed by atoms with van der Waals surface area (Å²) < 4.78 is 32.2. The first-order valence-electron chi connectivity index (χ1n) is 8.54. The minimum absolute atomic E-state index is 0.0506. The van der Waals surface area contributed by atoms with Gasteiger partial charge in [-0.25, -0.2) is 8.42 Å². The molecule has 8 heteroatoms. The summed E-state index contributed by atoms with van der Waals surface area (Å²) in [6, 6.07) is 11.0. The van der Waals surface area contributed by atoms with Gasteiger partial charge < -0.3 is 4.52 Å². The summed E-state index contributed by atoms with van der Waals surface area (Å²) in [5.41, 5.74) is 1.15. The van der Waals surface area contributed by atoms with Crippen LogP contribution in [0.3, 0.4) is 0 Å². The Morgan fingerprint density at radius 1 is 1.23 bits per heavy atom. The van der Waals surface area contributed by atoms with Gasteiger partial charge in [-0.05, 0) is 35.6 Å². The van der Waals surface area contributed by atoms with Crippen LogP contribution < -0.4 is 0 Å². The third kappa shape index (κ3) is 3.20. The van der Waals surface area contributed by atoms with Crippen LogP contribution in [-0.4, -0.2) is 36.0 Å². The highest BCUT2D eigenvalue weighted by Gasteiger charge is 2.40. The Morgan fingerprint density at radius 3 is 2.65 bits per heavy atom. The van der Waals surface area contributed by atoms with Gasteiger partial charge in [0.15, 0.2) is 0 Å². The lowest BCUT2D eigenvalue weighted by molar-refractivity contribution is 0.217. The zero-order valence-corrected chi connectivity index (χ0v) is 16.0. The lowest BCUT2D eigenvalue weighted by Gasteiger charge is -2.35. The van der Waals surface area contributed by atoms with E-state index in [0.29, 0.717) is 29.7 Å². The first kappa shape index (κ1) is 17.4. The van der Waals surface area contributed by atoms with Crippen LogP contribution in [0.25, 0.3) is 10.7 Å². The molecule has 3 heterocycles. The molecule has 2 aromatic heterocycles. The molecule has 4 rings (SSSR count). The number of thiophene rings is 1. The van der Waals surface area contributed by atoms with E-state index in [4.69, 9.17) is 4.52 Å². The Hall–Kier alpha value is -2.03. The molecule has 0 atom stereocenters. The molecule has 6 nitrogen and oxygen atoms in total. The van der Waals surface area contributed by atoms with Gasteiger partial charge in [-0.2, -0.15) is 9.29 Å². The van der Waals surface area contributed by atoms with E-state index in [0.717, 1.165) is 23.3 Å². The van der Waals surface area contributed by atoms with Crippen molar-refractivity contribution in [2.24, 2.45) is 0 Å². The Labute approximate surface area is 156 Å². The highest BCUT2D eigenvalue weighted by Crippen LogP contribution is 2.32. The smallest absolute Gasteiger partial charge is 0.243 e. The van der Waals surface area contributed by atoms with E-state index in [1.807, 2.05) is 29.6 Å². The highest BCUT2D eigenvalue weighted by molar-refractivity contribution is 7.89. The molecule has 0 amide bonds. The molecule has 0 aliphatic carbocycles. The number of hydrogen-bond acceptors (Lipinski definition) is 6. The van der Waals surface area contributed by atoms with E-state index in [1.165, 1.54) is 4.31 Å². The monoisotopic (exact) mass is 389 g/mol. The van der Waals surface area contributed by atoms with Crippen molar-refractivity contribution in [2.75, 3.05) is 13.1 Å². The second kappa shape index (κ2) is 6.94. The normalized spacial score (nSPS) is 15.9. The quantitative estimate of drug-likeness (QED) is 0.644. The molecule has 3 aromatic rings. The second-order valence-electron chi connectivity index (χ2n) is 6.35. The van der Waals surface area contributed by atoms with Crippen molar-refractivity contribution in [1.29, 1.82) is 0 Å². The molecular weight excluding hydrogens is 370 g/mol. The topological polar surface area (TPSA) is 76.3 Å². The largest absolute Gasteiger partial charge is 0.339 e. The molecule has 0 saturated carbocycles. The molecule has 136 valence electrons. The minimum Gasteiger partial charge on any atom is -0.339 e. The second-order valence-corrected chi connectivity index (χ2v) is 9.23. The van der Waals surface area contributed by atoms with Crippen molar-refractivity contribution in [3.8, 4) is 10.7 Å². The van der Waals surface area contributed by atoms with Crippen LogP contribution in [0.4, 0.5) is 0 Å². The fourth-order valence-corrected chi connectivity index (χ4v) is 5.14. The standard InChI is InChI=1S/C18H19N3O3S2/c1-2-4-13-6-8-15(9-7-13)26(22,23)21-11-14(12-21)18-19-17(20-24-18)16-5-3-10-25-16/h3,5-10,14H,2,4,11-12H2,1H3. The summed E-state index contributed by atoms with van der Waals surface area (Å²) in [6.45, 7) is 2.84. The summed E-state index contributed by atoms with van der Waals surface area (Å²) in [4.78, 5) is 5.68. The average Bonchev–Trinajstić information content (AvgIpc) is 3.25. The molecule has 1 aliphatic rings. The van der Waals surface area contributed by atoms with Gasteiger partial charge in [-0.15, -0.1) is 11.3 Å². The number of nitrogens with zero attached hydrogens (tertiary/aromatic N) is 3. The lowest BCUT2D eigenvalue weighted by atomic mass is 10.0. The summed E-state index contributed by atoms with van der Waals surface area (Å²) in [5.74, 6) is 1.01. The zero-order chi connectivity index (χ0) is 18.1. The summed E-state index contributed by atoms with van der Waals surface area (Å²) in [5, 5.41) is 5.94. The molecule has 26 heavy (non-hydrogen) atoms. The van der Waals surface area contributed by atoms with Gasteiger partial charge >= 0.3 is 0 Å². The van der Waals surface area contributed by atoms with Gasteiger partial charge in [0.2, 0.25) is 21.7 Å². The maximum absolute atomic E-state index is 12.7.